The molecule has 2 fully saturated rings. The summed E-state index contributed by atoms with van der Waals surface area (Å²) < 4.78 is 68.6. The van der Waals surface area contributed by atoms with Crippen LogP contribution in [-0.2, 0) is 11.3 Å². The van der Waals surface area contributed by atoms with Crippen molar-refractivity contribution in [2.75, 3.05) is 36.4 Å². The number of nitrogens with zero attached hydrogens (tertiary/aromatic N) is 2. The SMILES string of the molecule is CC(C)C[C@H]1CN(c2cc(Cl)ccc2NC(=O)c2ccc(CNC(=O)CC3CC3)c(F)c2F)CCN1CCC(F)(F)F. The number of rotatable bonds is 11. The van der Waals surface area contributed by atoms with E-state index >= 15 is 0 Å². The lowest BCUT2D eigenvalue weighted by atomic mass is 9.99. The largest absolute Gasteiger partial charge is 0.390 e. The van der Waals surface area contributed by atoms with Crippen molar-refractivity contribution >= 4 is 34.8 Å². The molecule has 0 aromatic heterocycles. The lowest BCUT2D eigenvalue weighted by Gasteiger charge is -2.43. The number of benzene rings is 2. The van der Waals surface area contributed by atoms with E-state index in [9.17, 15) is 31.5 Å². The summed E-state index contributed by atoms with van der Waals surface area (Å²) in [5.41, 5.74) is 0.277. The highest BCUT2D eigenvalue weighted by Gasteiger charge is 2.33. The average molecular weight is 615 g/mol. The Morgan fingerprint density at radius 3 is 2.48 bits per heavy atom. The van der Waals surface area contributed by atoms with Crippen LogP contribution in [0.2, 0.25) is 5.02 Å². The quantitative estimate of drug-likeness (QED) is 0.274. The highest BCUT2D eigenvalue weighted by atomic mass is 35.5. The average Bonchev–Trinajstić information content (AvgIpc) is 3.72. The first-order chi connectivity index (χ1) is 19.8. The van der Waals surface area contributed by atoms with E-state index in [0.717, 1.165) is 12.8 Å². The first-order valence-electron chi connectivity index (χ1n) is 14.2. The number of amides is 2. The fraction of sp³-hybridized carbons (Fsp3) is 0.533. The fourth-order valence-electron chi connectivity index (χ4n) is 5.26. The molecule has 2 amide bonds. The van der Waals surface area contributed by atoms with E-state index in [0.29, 0.717) is 54.8 Å². The van der Waals surface area contributed by atoms with Crippen LogP contribution < -0.4 is 15.5 Å². The van der Waals surface area contributed by atoms with Gasteiger partial charge in [-0.2, -0.15) is 13.2 Å². The number of nitrogens with one attached hydrogen (secondary N) is 2. The number of anilines is 2. The molecule has 1 aliphatic heterocycles. The lowest BCUT2D eigenvalue weighted by Crippen LogP contribution is -2.54. The summed E-state index contributed by atoms with van der Waals surface area (Å²) in [5.74, 6) is -3.04. The summed E-state index contributed by atoms with van der Waals surface area (Å²) in [6, 6.07) is 7.03. The molecule has 1 saturated heterocycles. The van der Waals surface area contributed by atoms with Gasteiger partial charge in [-0.15, -0.1) is 0 Å². The molecule has 2 aromatic carbocycles. The van der Waals surface area contributed by atoms with E-state index in [1.54, 1.807) is 18.2 Å². The molecule has 1 aliphatic carbocycles. The van der Waals surface area contributed by atoms with Gasteiger partial charge in [0.15, 0.2) is 11.6 Å². The summed E-state index contributed by atoms with van der Waals surface area (Å²) in [6.45, 7) is 4.90. The Labute approximate surface area is 247 Å². The van der Waals surface area contributed by atoms with Gasteiger partial charge in [-0.25, -0.2) is 8.78 Å². The molecule has 2 aliphatic rings. The highest BCUT2D eigenvalue weighted by molar-refractivity contribution is 6.31. The lowest BCUT2D eigenvalue weighted by molar-refractivity contribution is -0.139. The number of halogens is 6. The number of piperazine rings is 1. The smallest absolute Gasteiger partial charge is 0.367 e. The molecule has 0 unspecified atom stereocenters. The van der Waals surface area contributed by atoms with Crippen molar-refractivity contribution in [2.24, 2.45) is 11.8 Å². The molecule has 2 aromatic rings. The van der Waals surface area contributed by atoms with Crippen LogP contribution in [0.4, 0.5) is 33.3 Å². The zero-order chi connectivity index (χ0) is 30.6. The van der Waals surface area contributed by atoms with Gasteiger partial charge in [0, 0.05) is 55.8 Å². The zero-order valence-electron chi connectivity index (χ0n) is 23.7. The van der Waals surface area contributed by atoms with E-state index in [-0.39, 0.29) is 36.5 Å². The third-order valence-corrected chi connectivity index (χ3v) is 7.87. The number of carbonyl (C=O) groups excluding carboxylic acids is 2. The summed E-state index contributed by atoms with van der Waals surface area (Å²) >= 11 is 6.27. The highest BCUT2D eigenvalue weighted by Crippen LogP contribution is 2.34. The van der Waals surface area contributed by atoms with Crippen LogP contribution in [0.5, 0.6) is 0 Å². The predicted octanol–water partition coefficient (Wildman–Crippen LogP) is 6.78. The van der Waals surface area contributed by atoms with E-state index in [4.69, 9.17) is 11.6 Å². The standard InChI is InChI=1S/C30H36ClF5N4O2/c1-18(2)13-22-17-40(12-11-39(22)10-9-30(34,35)36)25-15-21(31)6-8-24(25)38-29(42)23-7-5-20(27(32)28(23)33)16-37-26(41)14-19-3-4-19/h5-8,15,18-19,22H,3-4,9-14,16-17H2,1-2H3,(H,37,41)(H,38,42)/t22-/m0/s1. The van der Waals surface area contributed by atoms with E-state index < -0.39 is 35.7 Å². The minimum Gasteiger partial charge on any atom is -0.367 e. The molecule has 1 saturated carbocycles. The predicted molar refractivity (Wildman–Crippen MR) is 153 cm³/mol. The van der Waals surface area contributed by atoms with Crippen LogP contribution in [-0.4, -0.2) is 55.1 Å². The second-order valence-electron chi connectivity index (χ2n) is 11.6. The summed E-state index contributed by atoms with van der Waals surface area (Å²) in [4.78, 5) is 28.8. The normalized spacial score (nSPS) is 17.9. The summed E-state index contributed by atoms with van der Waals surface area (Å²) in [5, 5.41) is 5.62. The maximum Gasteiger partial charge on any atom is 0.390 e. The topological polar surface area (TPSA) is 64.7 Å². The Balaban J connectivity index is 1.48. The summed E-state index contributed by atoms with van der Waals surface area (Å²) in [6.07, 6.45) is -2.13. The maximum atomic E-state index is 15.0. The monoisotopic (exact) mass is 614 g/mol. The second-order valence-corrected chi connectivity index (χ2v) is 12.0. The van der Waals surface area contributed by atoms with Gasteiger partial charge in [0.1, 0.15) is 0 Å². The van der Waals surface area contributed by atoms with Gasteiger partial charge in [-0.1, -0.05) is 31.5 Å². The number of alkyl halides is 3. The molecule has 0 spiro atoms. The molecule has 0 bridgehead atoms. The van der Waals surface area contributed by atoms with Crippen LogP contribution in [0.25, 0.3) is 0 Å². The Hall–Kier alpha value is -2.92. The molecule has 1 heterocycles. The molecule has 2 N–H and O–H groups in total. The van der Waals surface area contributed by atoms with Crippen molar-refractivity contribution in [3.05, 3.63) is 58.1 Å². The van der Waals surface area contributed by atoms with Gasteiger partial charge >= 0.3 is 6.18 Å². The second kappa shape index (κ2) is 13.6. The Morgan fingerprint density at radius 1 is 1.07 bits per heavy atom. The van der Waals surface area contributed by atoms with Gasteiger partial charge < -0.3 is 15.5 Å². The molecule has 4 rings (SSSR count). The number of hydrogen-bond acceptors (Lipinski definition) is 4. The molecule has 12 heteroatoms. The molecular formula is C30H36ClF5N4O2. The first-order valence-corrected chi connectivity index (χ1v) is 14.6. The third kappa shape index (κ3) is 8.80. The molecule has 1 atom stereocenters. The fourth-order valence-corrected chi connectivity index (χ4v) is 5.42. The van der Waals surface area contributed by atoms with Crippen LogP contribution >= 0.6 is 11.6 Å². The third-order valence-electron chi connectivity index (χ3n) is 7.63. The van der Waals surface area contributed by atoms with Gasteiger partial charge in [0.25, 0.3) is 5.91 Å². The first kappa shape index (κ1) is 32.0. The van der Waals surface area contributed by atoms with Crippen molar-refractivity contribution in [2.45, 2.75) is 64.7 Å². The summed E-state index contributed by atoms with van der Waals surface area (Å²) in [7, 11) is 0. The van der Waals surface area contributed by atoms with Crippen molar-refractivity contribution in [1.29, 1.82) is 0 Å². The molecule has 0 radical (unpaired) electrons. The van der Waals surface area contributed by atoms with Crippen LogP contribution in [0.3, 0.4) is 0 Å². The van der Waals surface area contributed by atoms with Crippen molar-refractivity contribution < 1.29 is 31.5 Å². The van der Waals surface area contributed by atoms with Crippen molar-refractivity contribution in [1.82, 2.24) is 10.2 Å². The van der Waals surface area contributed by atoms with Gasteiger partial charge in [0.2, 0.25) is 5.91 Å². The van der Waals surface area contributed by atoms with E-state index in [1.807, 2.05) is 23.6 Å². The van der Waals surface area contributed by atoms with Crippen LogP contribution in [0.1, 0.15) is 61.9 Å². The molecule has 42 heavy (non-hydrogen) atoms. The number of carbonyl (C=O) groups is 2. The van der Waals surface area contributed by atoms with Crippen molar-refractivity contribution in [3.8, 4) is 0 Å². The maximum absolute atomic E-state index is 15.0. The zero-order valence-corrected chi connectivity index (χ0v) is 24.4. The van der Waals surface area contributed by atoms with Crippen LogP contribution in [0.15, 0.2) is 30.3 Å². The Morgan fingerprint density at radius 2 is 1.81 bits per heavy atom. The minimum absolute atomic E-state index is 0.0695. The van der Waals surface area contributed by atoms with Gasteiger partial charge in [-0.3, -0.25) is 14.5 Å². The molecule has 230 valence electrons. The Kier molecular flexibility index (Phi) is 10.4. The van der Waals surface area contributed by atoms with E-state index in [1.165, 1.54) is 12.1 Å². The van der Waals surface area contributed by atoms with Gasteiger partial charge in [-0.05, 0) is 55.4 Å². The number of hydrogen-bond donors (Lipinski definition) is 2. The molecule has 6 nitrogen and oxygen atoms in total. The molecular weight excluding hydrogens is 579 g/mol. The van der Waals surface area contributed by atoms with E-state index in [2.05, 4.69) is 10.6 Å². The Bertz CT molecular complexity index is 1290. The van der Waals surface area contributed by atoms with Crippen molar-refractivity contribution in [3.63, 3.8) is 0 Å². The van der Waals surface area contributed by atoms with Gasteiger partial charge in [0.05, 0.1) is 23.4 Å². The van der Waals surface area contributed by atoms with Crippen LogP contribution in [0, 0.1) is 23.5 Å². The minimum atomic E-state index is -4.25.